The number of nitrogens with one attached hydrogen (secondary N) is 1. The first-order valence-electron chi connectivity index (χ1n) is 8.47. The summed E-state index contributed by atoms with van der Waals surface area (Å²) in [5.41, 5.74) is 1.82. The smallest absolute Gasteiger partial charge is 0.387 e. The maximum absolute atomic E-state index is 12.6. The Kier molecular flexibility index (Phi) is 6.18. The van der Waals surface area contributed by atoms with Gasteiger partial charge in [-0.1, -0.05) is 12.1 Å². The second kappa shape index (κ2) is 8.96. The van der Waals surface area contributed by atoms with Crippen LogP contribution in [-0.4, -0.2) is 34.8 Å². The fourth-order valence-electron chi connectivity index (χ4n) is 2.72. The van der Waals surface area contributed by atoms with Gasteiger partial charge in [-0.2, -0.15) is 8.78 Å². The van der Waals surface area contributed by atoms with E-state index in [4.69, 9.17) is 4.74 Å². The van der Waals surface area contributed by atoms with Crippen molar-refractivity contribution in [3.05, 3.63) is 77.7 Å². The molecule has 0 aliphatic carbocycles. The van der Waals surface area contributed by atoms with Crippen molar-refractivity contribution in [2.75, 3.05) is 12.4 Å². The van der Waals surface area contributed by atoms with E-state index < -0.39 is 18.6 Å². The lowest BCUT2D eigenvalue weighted by Gasteiger charge is -2.21. The molecule has 0 amide bonds. The highest BCUT2D eigenvalue weighted by Gasteiger charge is 2.20. The van der Waals surface area contributed by atoms with E-state index >= 15 is 0 Å². The van der Waals surface area contributed by atoms with Gasteiger partial charge in [-0.25, -0.2) is 9.78 Å². The molecule has 0 fully saturated rings. The molecule has 0 spiro atoms. The minimum atomic E-state index is -3.01. The Hall–Kier alpha value is -3.75. The number of methoxy groups -OCH3 is 1. The topological polar surface area (TPSA) is 93.6 Å². The van der Waals surface area contributed by atoms with E-state index in [1.165, 1.54) is 31.4 Å². The number of aromatic carboxylic acids is 1. The standard InChI is InChI=1S/C20H17F2N3O4/c1-28-18-16(29-20(21)22)8-7-15(25-18)17(13-5-3-9-23-11-13)24-14-6-2-4-12(10-14)19(26)27/h2-11,17,20,24H,1H3,(H,26,27). The molecular weight excluding hydrogens is 384 g/mol. The van der Waals surface area contributed by atoms with E-state index in [0.717, 1.165) is 5.56 Å². The Morgan fingerprint density at radius 1 is 1.17 bits per heavy atom. The molecule has 0 aliphatic heterocycles. The van der Waals surface area contributed by atoms with Crippen LogP contribution in [-0.2, 0) is 0 Å². The number of nitrogens with zero attached hydrogens (tertiary/aromatic N) is 2. The van der Waals surface area contributed by atoms with Gasteiger partial charge in [0.15, 0.2) is 5.75 Å². The number of aromatic nitrogens is 2. The predicted octanol–water partition coefficient (Wildman–Crippen LogP) is 3.99. The number of benzene rings is 1. The molecule has 9 heteroatoms. The molecule has 1 aromatic carbocycles. The lowest BCUT2D eigenvalue weighted by molar-refractivity contribution is -0.0516. The Balaban J connectivity index is 2.01. The summed E-state index contributed by atoms with van der Waals surface area (Å²) in [5, 5.41) is 12.4. The zero-order chi connectivity index (χ0) is 20.8. The average molecular weight is 401 g/mol. The third-order valence-electron chi connectivity index (χ3n) is 3.99. The molecule has 1 unspecified atom stereocenters. The maximum Gasteiger partial charge on any atom is 0.387 e. The zero-order valence-electron chi connectivity index (χ0n) is 15.3. The van der Waals surface area contributed by atoms with Gasteiger partial charge in [-0.3, -0.25) is 4.98 Å². The number of ether oxygens (including phenoxy) is 2. The predicted molar refractivity (Wildman–Crippen MR) is 101 cm³/mol. The van der Waals surface area contributed by atoms with Crippen molar-refractivity contribution >= 4 is 11.7 Å². The number of carboxylic acid groups (broad SMARTS) is 1. The van der Waals surface area contributed by atoms with Gasteiger partial charge in [-0.05, 0) is 42.0 Å². The van der Waals surface area contributed by atoms with Gasteiger partial charge in [0.05, 0.1) is 24.4 Å². The summed E-state index contributed by atoms with van der Waals surface area (Å²) < 4.78 is 34.7. The van der Waals surface area contributed by atoms with E-state index in [-0.39, 0.29) is 17.2 Å². The van der Waals surface area contributed by atoms with Crippen molar-refractivity contribution in [1.29, 1.82) is 0 Å². The van der Waals surface area contributed by atoms with Crippen LogP contribution in [0.2, 0.25) is 0 Å². The number of hydrogen-bond acceptors (Lipinski definition) is 6. The fraction of sp³-hybridized carbons (Fsp3) is 0.150. The highest BCUT2D eigenvalue weighted by molar-refractivity contribution is 5.88. The molecule has 0 saturated heterocycles. The van der Waals surface area contributed by atoms with Gasteiger partial charge in [0.25, 0.3) is 5.88 Å². The van der Waals surface area contributed by atoms with Crippen LogP contribution in [0.15, 0.2) is 60.9 Å². The van der Waals surface area contributed by atoms with Crippen molar-refractivity contribution in [2.24, 2.45) is 0 Å². The number of pyridine rings is 2. The van der Waals surface area contributed by atoms with E-state index in [1.807, 2.05) is 6.07 Å². The third kappa shape index (κ3) is 4.95. The van der Waals surface area contributed by atoms with E-state index in [0.29, 0.717) is 11.4 Å². The number of anilines is 1. The molecule has 0 radical (unpaired) electrons. The molecule has 29 heavy (non-hydrogen) atoms. The van der Waals surface area contributed by atoms with Crippen LogP contribution < -0.4 is 14.8 Å². The van der Waals surface area contributed by atoms with Crippen LogP contribution in [0.4, 0.5) is 14.5 Å². The van der Waals surface area contributed by atoms with Crippen molar-refractivity contribution in [3.8, 4) is 11.6 Å². The molecule has 0 saturated carbocycles. The van der Waals surface area contributed by atoms with Crippen molar-refractivity contribution in [3.63, 3.8) is 0 Å². The van der Waals surface area contributed by atoms with Crippen LogP contribution in [0.25, 0.3) is 0 Å². The van der Waals surface area contributed by atoms with E-state index in [1.54, 1.807) is 30.6 Å². The van der Waals surface area contributed by atoms with E-state index in [9.17, 15) is 18.7 Å². The SMILES string of the molecule is COc1nc(C(Nc2cccc(C(=O)O)c2)c2cccnc2)ccc1OC(F)F. The van der Waals surface area contributed by atoms with Gasteiger partial charge in [-0.15, -0.1) is 0 Å². The van der Waals surface area contributed by atoms with Gasteiger partial charge < -0.3 is 19.9 Å². The molecule has 150 valence electrons. The summed E-state index contributed by atoms with van der Waals surface area (Å²) in [6.07, 6.45) is 3.23. The molecular formula is C20H17F2N3O4. The molecule has 3 rings (SSSR count). The van der Waals surface area contributed by atoms with Crippen molar-refractivity contribution < 1.29 is 28.2 Å². The summed E-state index contributed by atoms with van der Waals surface area (Å²) in [7, 11) is 1.30. The number of alkyl halides is 2. The number of carboxylic acids is 1. The highest BCUT2D eigenvalue weighted by Crippen LogP contribution is 2.32. The van der Waals surface area contributed by atoms with Gasteiger partial charge in [0.1, 0.15) is 0 Å². The fourth-order valence-corrected chi connectivity index (χ4v) is 2.72. The van der Waals surface area contributed by atoms with Gasteiger partial charge >= 0.3 is 12.6 Å². The first-order valence-corrected chi connectivity index (χ1v) is 8.47. The Bertz CT molecular complexity index is 986. The Morgan fingerprint density at radius 3 is 2.66 bits per heavy atom. The van der Waals surface area contributed by atoms with Crippen LogP contribution in [0.3, 0.4) is 0 Å². The molecule has 0 aliphatic rings. The Labute approximate surface area is 165 Å². The largest absolute Gasteiger partial charge is 0.478 e. The summed E-state index contributed by atoms with van der Waals surface area (Å²) in [4.78, 5) is 19.6. The second-order valence-corrected chi connectivity index (χ2v) is 5.87. The normalized spacial score (nSPS) is 11.7. The maximum atomic E-state index is 12.6. The summed E-state index contributed by atoms with van der Waals surface area (Å²) in [6, 6.07) is 12.1. The lowest BCUT2D eigenvalue weighted by atomic mass is 10.0. The quantitative estimate of drug-likeness (QED) is 0.590. The van der Waals surface area contributed by atoms with Crippen LogP contribution >= 0.6 is 0 Å². The minimum Gasteiger partial charge on any atom is -0.478 e. The second-order valence-electron chi connectivity index (χ2n) is 5.87. The van der Waals surface area contributed by atoms with Gasteiger partial charge in [0, 0.05) is 18.1 Å². The monoisotopic (exact) mass is 401 g/mol. The molecule has 2 N–H and O–H groups in total. The number of hydrogen-bond donors (Lipinski definition) is 2. The van der Waals surface area contributed by atoms with E-state index in [2.05, 4.69) is 20.0 Å². The van der Waals surface area contributed by atoms with Crippen molar-refractivity contribution in [1.82, 2.24) is 9.97 Å². The molecule has 2 heterocycles. The number of carbonyl (C=O) groups is 1. The van der Waals surface area contributed by atoms with Crippen LogP contribution in [0, 0.1) is 0 Å². The first kappa shape index (κ1) is 20.0. The highest BCUT2D eigenvalue weighted by atomic mass is 19.3. The first-order chi connectivity index (χ1) is 14.0. The minimum absolute atomic E-state index is 0.0993. The van der Waals surface area contributed by atoms with Gasteiger partial charge in [0.2, 0.25) is 0 Å². The lowest BCUT2D eigenvalue weighted by Crippen LogP contribution is -2.15. The third-order valence-corrected chi connectivity index (χ3v) is 3.99. The molecule has 7 nitrogen and oxygen atoms in total. The summed E-state index contributed by atoms with van der Waals surface area (Å²) in [5.74, 6) is -1.35. The Morgan fingerprint density at radius 2 is 2.00 bits per heavy atom. The zero-order valence-corrected chi connectivity index (χ0v) is 15.3. The molecule has 1 atom stereocenters. The molecule has 0 bridgehead atoms. The summed E-state index contributed by atoms with van der Waals surface area (Å²) >= 11 is 0. The molecule has 3 aromatic rings. The number of rotatable bonds is 8. The van der Waals surface area contributed by atoms with Crippen LogP contribution in [0.1, 0.15) is 27.7 Å². The van der Waals surface area contributed by atoms with Crippen LogP contribution in [0.5, 0.6) is 11.6 Å². The average Bonchev–Trinajstić information content (AvgIpc) is 2.73. The van der Waals surface area contributed by atoms with Crippen molar-refractivity contribution in [2.45, 2.75) is 12.7 Å². The molecule has 2 aromatic heterocycles. The number of halogens is 2. The summed E-state index contributed by atoms with van der Waals surface area (Å²) in [6.45, 7) is -3.01.